The molecule has 108 valence electrons. The van der Waals surface area contributed by atoms with Gasteiger partial charge in [0.15, 0.2) is 0 Å². The lowest BCUT2D eigenvalue weighted by atomic mass is 10.2. The van der Waals surface area contributed by atoms with Crippen LogP contribution in [0.3, 0.4) is 0 Å². The quantitative estimate of drug-likeness (QED) is 0.774. The number of benzene rings is 1. The number of nitrogens with one attached hydrogen (secondary N) is 2. The van der Waals surface area contributed by atoms with Crippen LogP contribution in [0.2, 0.25) is 0 Å². The molecule has 4 N–H and O–H groups in total. The lowest BCUT2D eigenvalue weighted by Gasteiger charge is -2.07. The summed E-state index contributed by atoms with van der Waals surface area (Å²) in [6.07, 6.45) is 0. The number of amides is 3. The van der Waals surface area contributed by atoms with E-state index >= 15 is 0 Å². The van der Waals surface area contributed by atoms with Crippen LogP contribution in [0, 0.1) is 0 Å². The van der Waals surface area contributed by atoms with Crippen LogP contribution in [-0.4, -0.2) is 24.3 Å². The second-order valence-corrected chi connectivity index (χ2v) is 5.11. The monoisotopic (exact) mass is 303 g/mol. The molecule has 1 aromatic carbocycles. The smallest absolute Gasteiger partial charge is 0.265 e. The maximum atomic E-state index is 11.9. The summed E-state index contributed by atoms with van der Waals surface area (Å²) >= 11 is 1.33. The van der Waals surface area contributed by atoms with Gasteiger partial charge in [0.2, 0.25) is 5.91 Å². The summed E-state index contributed by atoms with van der Waals surface area (Å²) in [6.45, 7) is -0.232. The van der Waals surface area contributed by atoms with Gasteiger partial charge in [0.25, 0.3) is 11.8 Å². The Bertz CT molecular complexity index is 668. The Morgan fingerprint density at radius 1 is 1.10 bits per heavy atom. The van der Waals surface area contributed by atoms with Crippen LogP contribution in [0.15, 0.2) is 41.8 Å². The van der Waals surface area contributed by atoms with E-state index in [1.807, 2.05) is 5.38 Å². The highest BCUT2D eigenvalue weighted by atomic mass is 32.1. The van der Waals surface area contributed by atoms with Crippen molar-refractivity contribution in [2.24, 2.45) is 5.73 Å². The lowest BCUT2D eigenvalue weighted by molar-refractivity contribution is -0.117. The summed E-state index contributed by atoms with van der Waals surface area (Å²) in [5.41, 5.74) is 5.79. The molecule has 2 aromatic rings. The Morgan fingerprint density at radius 2 is 1.90 bits per heavy atom. The van der Waals surface area contributed by atoms with Gasteiger partial charge in [-0.2, -0.15) is 0 Å². The first-order valence-electron chi connectivity index (χ1n) is 6.07. The van der Waals surface area contributed by atoms with Crippen molar-refractivity contribution >= 4 is 34.7 Å². The van der Waals surface area contributed by atoms with Gasteiger partial charge >= 0.3 is 0 Å². The SMILES string of the molecule is NC(=O)CNC(=O)c1cccc(NC(=O)c2cccs2)c1. The second kappa shape index (κ2) is 6.67. The molecule has 3 amide bonds. The van der Waals surface area contributed by atoms with Gasteiger partial charge in [-0.05, 0) is 29.6 Å². The molecular formula is C14H13N3O3S. The van der Waals surface area contributed by atoms with Crippen LogP contribution in [0.25, 0.3) is 0 Å². The second-order valence-electron chi connectivity index (χ2n) is 4.16. The average Bonchev–Trinajstić information content (AvgIpc) is 2.99. The summed E-state index contributed by atoms with van der Waals surface area (Å²) in [7, 11) is 0. The highest BCUT2D eigenvalue weighted by Gasteiger charge is 2.10. The van der Waals surface area contributed by atoms with Crippen molar-refractivity contribution in [1.29, 1.82) is 0 Å². The number of hydrogen-bond acceptors (Lipinski definition) is 4. The number of nitrogens with two attached hydrogens (primary N) is 1. The normalized spacial score (nSPS) is 9.90. The summed E-state index contributed by atoms with van der Waals surface area (Å²) in [5, 5.41) is 6.89. The Hall–Kier alpha value is -2.67. The van der Waals surface area contributed by atoms with E-state index in [1.165, 1.54) is 17.4 Å². The Kier molecular flexibility index (Phi) is 4.68. The van der Waals surface area contributed by atoms with Crippen LogP contribution in [-0.2, 0) is 4.79 Å². The first-order valence-corrected chi connectivity index (χ1v) is 6.95. The predicted octanol–water partition coefficient (Wildman–Crippen LogP) is 1.22. The molecule has 21 heavy (non-hydrogen) atoms. The van der Waals surface area contributed by atoms with E-state index in [4.69, 9.17) is 5.73 Å². The van der Waals surface area contributed by atoms with Crippen molar-refractivity contribution in [2.45, 2.75) is 0 Å². The molecule has 0 radical (unpaired) electrons. The molecule has 0 aliphatic rings. The highest BCUT2D eigenvalue weighted by molar-refractivity contribution is 7.12. The number of thiophene rings is 1. The van der Waals surface area contributed by atoms with Gasteiger partial charge in [-0.15, -0.1) is 11.3 Å². The van der Waals surface area contributed by atoms with Gasteiger partial charge in [-0.3, -0.25) is 14.4 Å². The summed E-state index contributed by atoms with van der Waals surface area (Å²) < 4.78 is 0. The predicted molar refractivity (Wildman–Crippen MR) is 80.2 cm³/mol. The number of hydrogen-bond donors (Lipinski definition) is 3. The number of carbonyl (C=O) groups excluding carboxylic acids is 3. The molecule has 6 nitrogen and oxygen atoms in total. The number of primary amides is 1. The van der Waals surface area contributed by atoms with Gasteiger partial charge in [0.1, 0.15) is 0 Å². The van der Waals surface area contributed by atoms with Crippen LogP contribution in [0.4, 0.5) is 5.69 Å². The first kappa shape index (κ1) is 14.7. The van der Waals surface area contributed by atoms with Crippen molar-refractivity contribution in [2.75, 3.05) is 11.9 Å². The van der Waals surface area contributed by atoms with Crippen LogP contribution in [0.1, 0.15) is 20.0 Å². The first-order chi connectivity index (χ1) is 10.1. The van der Waals surface area contributed by atoms with Gasteiger partial charge in [0.05, 0.1) is 11.4 Å². The van der Waals surface area contributed by atoms with Gasteiger partial charge < -0.3 is 16.4 Å². The van der Waals surface area contributed by atoms with E-state index in [2.05, 4.69) is 10.6 Å². The zero-order valence-corrected chi connectivity index (χ0v) is 11.8. The molecule has 1 aromatic heterocycles. The zero-order chi connectivity index (χ0) is 15.2. The average molecular weight is 303 g/mol. The summed E-state index contributed by atoms with van der Waals surface area (Å²) in [5.74, 6) is -1.29. The van der Waals surface area contributed by atoms with E-state index in [0.29, 0.717) is 16.1 Å². The van der Waals surface area contributed by atoms with E-state index < -0.39 is 11.8 Å². The molecule has 0 atom stereocenters. The van der Waals surface area contributed by atoms with E-state index in [9.17, 15) is 14.4 Å². The molecule has 2 rings (SSSR count). The number of carbonyl (C=O) groups is 3. The van der Waals surface area contributed by atoms with Gasteiger partial charge in [0, 0.05) is 11.3 Å². The Labute approximate surface area is 125 Å². The number of rotatable bonds is 5. The largest absolute Gasteiger partial charge is 0.368 e. The minimum Gasteiger partial charge on any atom is -0.368 e. The molecule has 0 aliphatic carbocycles. The van der Waals surface area contributed by atoms with Gasteiger partial charge in [-0.1, -0.05) is 12.1 Å². The molecule has 0 bridgehead atoms. The molecule has 1 heterocycles. The van der Waals surface area contributed by atoms with E-state index in [-0.39, 0.29) is 12.5 Å². The minimum absolute atomic E-state index is 0.232. The maximum Gasteiger partial charge on any atom is 0.265 e. The fourth-order valence-electron chi connectivity index (χ4n) is 1.61. The topological polar surface area (TPSA) is 101 Å². The van der Waals surface area contributed by atoms with Crippen molar-refractivity contribution < 1.29 is 14.4 Å². The molecule has 0 spiro atoms. The lowest BCUT2D eigenvalue weighted by Crippen LogP contribution is -2.33. The zero-order valence-electron chi connectivity index (χ0n) is 11.0. The molecule has 0 unspecified atom stereocenters. The maximum absolute atomic E-state index is 11.9. The van der Waals surface area contributed by atoms with Crippen LogP contribution in [0.5, 0.6) is 0 Å². The molecular weight excluding hydrogens is 290 g/mol. The molecule has 0 fully saturated rings. The van der Waals surface area contributed by atoms with Crippen molar-refractivity contribution in [3.63, 3.8) is 0 Å². The highest BCUT2D eigenvalue weighted by Crippen LogP contribution is 2.14. The molecule has 7 heteroatoms. The third kappa shape index (κ3) is 4.15. The Morgan fingerprint density at radius 3 is 2.57 bits per heavy atom. The minimum atomic E-state index is -0.620. The summed E-state index contributed by atoms with van der Waals surface area (Å²) in [6, 6.07) is 9.93. The van der Waals surface area contributed by atoms with E-state index in [0.717, 1.165) is 0 Å². The third-order valence-electron chi connectivity index (χ3n) is 2.55. The fourth-order valence-corrected chi connectivity index (χ4v) is 2.23. The summed E-state index contributed by atoms with van der Waals surface area (Å²) in [4.78, 5) is 34.9. The van der Waals surface area contributed by atoms with Crippen LogP contribution < -0.4 is 16.4 Å². The Balaban J connectivity index is 2.05. The molecule has 0 saturated heterocycles. The van der Waals surface area contributed by atoms with Crippen molar-refractivity contribution in [3.8, 4) is 0 Å². The van der Waals surface area contributed by atoms with Crippen molar-refractivity contribution in [3.05, 3.63) is 52.2 Å². The standard InChI is InChI=1S/C14H13N3O3S/c15-12(18)8-16-13(19)9-3-1-4-10(7-9)17-14(20)11-5-2-6-21-11/h1-7H,8H2,(H2,15,18)(H,16,19)(H,17,20). The van der Waals surface area contributed by atoms with Gasteiger partial charge in [-0.25, -0.2) is 0 Å². The number of anilines is 1. The third-order valence-corrected chi connectivity index (χ3v) is 3.42. The fraction of sp³-hybridized carbons (Fsp3) is 0.0714. The van der Waals surface area contributed by atoms with Crippen LogP contribution >= 0.6 is 11.3 Å². The van der Waals surface area contributed by atoms with E-state index in [1.54, 1.807) is 30.3 Å². The molecule has 0 saturated carbocycles. The van der Waals surface area contributed by atoms with Crippen molar-refractivity contribution in [1.82, 2.24) is 5.32 Å². The molecule has 0 aliphatic heterocycles.